The maximum Gasteiger partial charge on any atom is 0.0293 e. The van der Waals surface area contributed by atoms with Crippen molar-refractivity contribution in [2.24, 2.45) is 0 Å². The van der Waals surface area contributed by atoms with E-state index >= 15 is 0 Å². The van der Waals surface area contributed by atoms with Crippen LogP contribution < -0.4 is 0 Å². The normalized spacial score (nSPS) is 16.5. The molecule has 2 heterocycles. The van der Waals surface area contributed by atoms with Gasteiger partial charge in [0.15, 0.2) is 0 Å². The Hall–Kier alpha value is -0.980. The maximum absolute atomic E-state index is 2.30. The second kappa shape index (κ2) is 2.81. The average molecular weight is 161 g/mol. The van der Waals surface area contributed by atoms with Crippen LogP contribution >= 0.6 is 0 Å². The van der Waals surface area contributed by atoms with E-state index in [1.807, 2.05) is 0 Å². The predicted octanol–water partition coefficient (Wildman–Crippen LogP) is 3.03. The second-order valence-corrected chi connectivity index (χ2v) is 3.52. The van der Waals surface area contributed by atoms with E-state index in [4.69, 9.17) is 0 Å². The molecule has 0 saturated heterocycles. The number of fused-ring (bicyclic) bond motifs is 1. The molecule has 0 N–H and O–H groups in total. The van der Waals surface area contributed by atoms with Gasteiger partial charge in [0.25, 0.3) is 0 Å². The molecule has 1 aromatic rings. The summed E-state index contributed by atoms with van der Waals surface area (Å²) in [5.41, 5.74) is 3.02. The molecule has 0 radical (unpaired) electrons. The molecule has 0 aromatic carbocycles. The summed E-state index contributed by atoms with van der Waals surface area (Å²) in [7, 11) is 0. The highest BCUT2D eigenvalue weighted by Gasteiger charge is 2.13. The zero-order valence-corrected chi connectivity index (χ0v) is 7.75. The highest BCUT2D eigenvalue weighted by Crippen LogP contribution is 2.26. The van der Waals surface area contributed by atoms with Crippen LogP contribution in [0.3, 0.4) is 0 Å². The van der Waals surface area contributed by atoms with Crippen LogP contribution in [0, 0.1) is 0 Å². The third-order valence-electron chi connectivity index (χ3n) is 2.78. The van der Waals surface area contributed by atoms with Crippen LogP contribution in [0.4, 0.5) is 0 Å². The lowest BCUT2D eigenvalue weighted by Gasteiger charge is -2.08. The van der Waals surface area contributed by atoms with Crippen LogP contribution in [-0.2, 0) is 6.42 Å². The fourth-order valence-corrected chi connectivity index (χ4v) is 1.81. The van der Waals surface area contributed by atoms with Crippen molar-refractivity contribution >= 4 is 6.20 Å². The maximum atomic E-state index is 2.30. The second-order valence-electron chi connectivity index (χ2n) is 3.52. The summed E-state index contributed by atoms with van der Waals surface area (Å²) in [6, 6.07) is 2.26. The van der Waals surface area contributed by atoms with Crippen LogP contribution in [0.2, 0.25) is 0 Å². The quantitative estimate of drug-likeness (QED) is 0.628. The summed E-state index contributed by atoms with van der Waals surface area (Å²) in [6.07, 6.45) is 8.90. The zero-order chi connectivity index (χ0) is 8.55. The average Bonchev–Trinajstić information content (AvgIpc) is 2.62. The lowest BCUT2D eigenvalue weighted by Crippen LogP contribution is -1.95. The van der Waals surface area contributed by atoms with Crippen LogP contribution in [0.15, 0.2) is 18.3 Å². The van der Waals surface area contributed by atoms with E-state index in [9.17, 15) is 0 Å². The van der Waals surface area contributed by atoms with Crippen molar-refractivity contribution in [2.75, 3.05) is 0 Å². The molecule has 1 nitrogen and oxygen atoms in total. The number of aromatic nitrogens is 1. The monoisotopic (exact) mass is 161 g/mol. The molecular formula is C11H15N. The summed E-state index contributed by atoms with van der Waals surface area (Å²) in [6.45, 7) is 4.55. The van der Waals surface area contributed by atoms with Crippen molar-refractivity contribution in [2.45, 2.75) is 32.6 Å². The highest BCUT2D eigenvalue weighted by molar-refractivity contribution is 5.42. The molecule has 0 fully saturated rings. The Balaban J connectivity index is 2.36. The Labute approximate surface area is 73.7 Å². The van der Waals surface area contributed by atoms with Gasteiger partial charge in [-0.15, -0.1) is 0 Å². The third kappa shape index (κ3) is 1.01. The number of nitrogens with zero attached hydrogens (tertiary/aromatic N) is 1. The van der Waals surface area contributed by atoms with Gasteiger partial charge in [-0.1, -0.05) is 19.9 Å². The van der Waals surface area contributed by atoms with Crippen molar-refractivity contribution in [3.05, 3.63) is 29.6 Å². The van der Waals surface area contributed by atoms with Crippen molar-refractivity contribution in [3.8, 4) is 0 Å². The molecule has 12 heavy (non-hydrogen) atoms. The number of allylic oxidation sites excluding steroid dienone is 1. The molecule has 1 aliphatic rings. The topological polar surface area (TPSA) is 4.93 Å². The first-order chi connectivity index (χ1) is 5.83. The van der Waals surface area contributed by atoms with E-state index in [1.165, 1.54) is 17.7 Å². The van der Waals surface area contributed by atoms with Gasteiger partial charge in [0.1, 0.15) is 0 Å². The van der Waals surface area contributed by atoms with Crippen LogP contribution in [0.1, 0.15) is 37.4 Å². The van der Waals surface area contributed by atoms with Crippen molar-refractivity contribution in [1.82, 2.24) is 4.57 Å². The minimum Gasteiger partial charge on any atom is -0.327 e. The summed E-state index contributed by atoms with van der Waals surface area (Å²) in [4.78, 5) is 0. The van der Waals surface area contributed by atoms with E-state index in [-0.39, 0.29) is 0 Å². The summed E-state index contributed by atoms with van der Waals surface area (Å²) >= 11 is 0. The van der Waals surface area contributed by atoms with Crippen LogP contribution in [-0.4, -0.2) is 4.57 Å². The fraction of sp³-hybridized carbons (Fsp3) is 0.455. The molecule has 1 unspecified atom stereocenters. The zero-order valence-electron chi connectivity index (χ0n) is 7.75. The molecule has 2 rings (SSSR count). The molecule has 64 valence electrons. The molecule has 0 aliphatic carbocycles. The Morgan fingerprint density at radius 2 is 2.42 bits per heavy atom. The third-order valence-corrected chi connectivity index (χ3v) is 2.78. The molecule has 1 heteroatoms. The van der Waals surface area contributed by atoms with E-state index in [0.29, 0.717) is 5.92 Å². The van der Waals surface area contributed by atoms with Gasteiger partial charge in [-0.25, -0.2) is 0 Å². The van der Waals surface area contributed by atoms with Crippen LogP contribution in [0.5, 0.6) is 0 Å². The molecule has 0 saturated carbocycles. The summed E-state index contributed by atoms with van der Waals surface area (Å²) < 4.78 is 2.24. The first-order valence-electron chi connectivity index (χ1n) is 4.69. The van der Waals surface area contributed by atoms with E-state index in [1.54, 1.807) is 0 Å². The van der Waals surface area contributed by atoms with E-state index in [2.05, 4.69) is 43.0 Å². The van der Waals surface area contributed by atoms with Gasteiger partial charge in [-0.05, 0) is 24.0 Å². The number of rotatable bonds is 2. The van der Waals surface area contributed by atoms with Gasteiger partial charge in [0.2, 0.25) is 0 Å². The van der Waals surface area contributed by atoms with Crippen LogP contribution in [0.25, 0.3) is 6.20 Å². The molecule has 0 bridgehead atoms. The molecule has 1 atom stereocenters. The first-order valence-corrected chi connectivity index (χ1v) is 4.69. The summed E-state index contributed by atoms with van der Waals surface area (Å²) in [5, 5.41) is 0. The fourth-order valence-electron chi connectivity index (χ4n) is 1.81. The Bertz CT molecular complexity index is 307. The van der Waals surface area contributed by atoms with E-state index < -0.39 is 0 Å². The molecule has 0 amide bonds. The lowest BCUT2D eigenvalue weighted by molar-refractivity contribution is 0.725. The van der Waals surface area contributed by atoms with Gasteiger partial charge in [0, 0.05) is 24.5 Å². The lowest BCUT2D eigenvalue weighted by atomic mass is 9.98. The first kappa shape index (κ1) is 7.66. The van der Waals surface area contributed by atoms with Gasteiger partial charge < -0.3 is 4.57 Å². The molecule has 1 aromatic heterocycles. The molecule has 0 spiro atoms. The highest BCUT2D eigenvalue weighted by atomic mass is 15.0. The molecular weight excluding hydrogens is 146 g/mol. The standard InChI is InChI=1S/C11H15N/c1-3-9(2)10-6-8-12-7-4-5-11(10)12/h4,6-9H,3,5H2,1-2H3. The Kier molecular flexibility index (Phi) is 1.80. The van der Waals surface area contributed by atoms with Crippen molar-refractivity contribution < 1.29 is 0 Å². The largest absolute Gasteiger partial charge is 0.327 e. The number of hydrogen-bond donors (Lipinski definition) is 0. The van der Waals surface area contributed by atoms with Gasteiger partial charge >= 0.3 is 0 Å². The molecule has 1 aliphatic heterocycles. The minimum absolute atomic E-state index is 0.709. The Morgan fingerprint density at radius 1 is 1.58 bits per heavy atom. The van der Waals surface area contributed by atoms with E-state index in [0.717, 1.165) is 6.42 Å². The van der Waals surface area contributed by atoms with Crippen molar-refractivity contribution in [1.29, 1.82) is 0 Å². The van der Waals surface area contributed by atoms with Crippen molar-refractivity contribution in [3.63, 3.8) is 0 Å². The number of hydrogen-bond acceptors (Lipinski definition) is 0. The van der Waals surface area contributed by atoms with Gasteiger partial charge in [-0.3, -0.25) is 0 Å². The Morgan fingerprint density at radius 3 is 3.17 bits per heavy atom. The summed E-state index contributed by atoms with van der Waals surface area (Å²) in [5.74, 6) is 0.709. The van der Waals surface area contributed by atoms with Gasteiger partial charge in [0.05, 0.1) is 0 Å². The smallest absolute Gasteiger partial charge is 0.0293 e. The SMILES string of the molecule is CCC(C)c1ccn2c1CC=C2. The van der Waals surface area contributed by atoms with Gasteiger partial charge in [-0.2, -0.15) is 0 Å². The predicted molar refractivity (Wildman–Crippen MR) is 52.2 cm³/mol. The minimum atomic E-state index is 0.709.